The van der Waals surface area contributed by atoms with E-state index < -0.39 is 38.1 Å². The Hall–Kier alpha value is -1.29. The van der Waals surface area contributed by atoms with Crippen molar-refractivity contribution in [3.05, 3.63) is 0 Å². The summed E-state index contributed by atoms with van der Waals surface area (Å²) >= 11 is 1.39. The predicted molar refractivity (Wildman–Crippen MR) is 176 cm³/mol. The van der Waals surface area contributed by atoms with Crippen LogP contribution in [0.25, 0.3) is 0 Å². The zero-order valence-electron chi connectivity index (χ0n) is 27.2. The lowest BCUT2D eigenvalue weighted by Crippen LogP contribution is -2.54. The molecule has 3 atom stereocenters. The van der Waals surface area contributed by atoms with Crippen LogP contribution in [-0.4, -0.2) is 121 Å². The Kier molecular flexibility index (Phi) is 28.1. The Morgan fingerprint density at radius 3 is 1.98 bits per heavy atom. The predicted octanol–water partition coefficient (Wildman–Crippen LogP) is 1.29. The second-order valence-electron chi connectivity index (χ2n) is 10.9. The monoisotopic (exact) mass is 686 g/mol. The summed E-state index contributed by atoms with van der Waals surface area (Å²) in [6.07, 6.45) is 12.1. The van der Waals surface area contributed by atoms with Gasteiger partial charge in [-0.2, -0.15) is 11.8 Å². The minimum absolute atomic E-state index is 0.0906. The zero-order valence-corrected chi connectivity index (χ0v) is 28.9. The van der Waals surface area contributed by atoms with E-state index in [-0.39, 0.29) is 56.8 Å². The molecular formula is C29H59N4O10PS. The smallest absolute Gasteiger partial charge is 0.327 e. The molecule has 0 saturated carbocycles. The maximum atomic E-state index is 12.5. The van der Waals surface area contributed by atoms with E-state index in [1.54, 1.807) is 0 Å². The number of unbranched alkanes of at least 4 members (excludes halogenated alkanes) is 9. The molecule has 0 radical (unpaired) electrons. The van der Waals surface area contributed by atoms with Crippen LogP contribution in [-0.2, 0) is 33.2 Å². The van der Waals surface area contributed by atoms with E-state index in [9.17, 15) is 24.1 Å². The Morgan fingerprint density at radius 2 is 1.40 bits per heavy atom. The van der Waals surface area contributed by atoms with Crippen LogP contribution in [0.3, 0.4) is 0 Å². The summed E-state index contributed by atoms with van der Waals surface area (Å²) in [5, 5.41) is 17.4. The second-order valence-corrected chi connectivity index (χ2v) is 13.8. The van der Waals surface area contributed by atoms with Crippen molar-refractivity contribution < 1.29 is 48.1 Å². The van der Waals surface area contributed by atoms with Gasteiger partial charge in [0.1, 0.15) is 6.04 Å². The molecule has 266 valence electrons. The molecule has 14 nitrogen and oxygen atoms in total. The molecule has 0 fully saturated rings. The minimum atomic E-state index is -4.09. The number of thioether (sulfide) groups is 1. The quantitative estimate of drug-likeness (QED) is 0.0406. The number of carbonyl (C=O) groups is 3. The molecule has 0 aromatic rings. The summed E-state index contributed by atoms with van der Waals surface area (Å²) in [4.78, 5) is 54.0. The topological polar surface area (TPSA) is 219 Å². The van der Waals surface area contributed by atoms with Gasteiger partial charge < -0.3 is 50.8 Å². The van der Waals surface area contributed by atoms with Crippen molar-refractivity contribution in [2.75, 3.05) is 70.5 Å². The van der Waals surface area contributed by atoms with Gasteiger partial charge in [-0.25, -0.2) is 0 Å². The van der Waals surface area contributed by atoms with Crippen LogP contribution >= 0.6 is 19.4 Å². The molecule has 45 heavy (non-hydrogen) atoms. The molecule has 0 aliphatic heterocycles. The average molecular weight is 687 g/mol. The average Bonchev–Trinajstić information content (AvgIpc) is 2.98. The third-order valence-corrected chi connectivity index (χ3v) is 8.58. The highest BCUT2D eigenvalue weighted by Crippen LogP contribution is 2.33. The zero-order chi connectivity index (χ0) is 33.8. The Morgan fingerprint density at radius 1 is 0.800 bits per heavy atom. The lowest BCUT2D eigenvalue weighted by atomic mass is 10.1. The molecule has 0 saturated heterocycles. The molecule has 0 unspecified atom stereocenters. The first-order valence-electron chi connectivity index (χ1n) is 16.1. The van der Waals surface area contributed by atoms with E-state index in [0.29, 0.717) is 19.0 Å². The third kappa shape index (κ3) is 28.6. The SMILES string of the molecule is CCCCCCCCCCCCOC[C@H](CSC[C@H](N)C(=O)N[C@@H](CO)C(=O)NCCOCCOCCP(=O)(O)O)NC(C)=O. The van der Waals surface area contributed by atoms with Gasteiger partial charge in [-0.1, -0.05) is 64.7 Å². The van der Waals surface area contributed by atoms with Gasteiger partial charge >= 0.3 is 7.60 Å². The highest BCUT2D eigenvalue weighted by atomic mass is 32.2. The number of aliphatic hydroxyl groups excluding tert-OH is 1. The molecule has 0 aliphatic rings. The van der Waals surface area contributed by atoms with E-state index in [0.717, 1.165) is 12.8 Å². The molecule has 0 spiro atoms. The van der Waals surface area contributed by atoms with Gasteiger partial charge in [0.25, 0.3) is 0 Å². The van der Waals surface area contributed by atoms with Crippen LogP contribution in [0.2, 0.25) is 0 Å². The van der Waals surface area contributed by atoms with E-state index >= 15 is 0 Å². The van der Waals surface area contributed by atoms with Crippen LogP contribution in [0.1, 0.15) is 78.1 Å². The lowest BCUT2D eigenvalue weighted by Gasteiger charge is -2.20. The van der Waals surface area contributed by atoms with Gasteiger partial charge in [0.2, 0.25) is 17.7 Å². The maximum Gasteiger partial charge on any atom is 0.327 e. The molecule has 0 aromatic heterocycles. The van der Waals surface area contributed by atoms with Gasteiger partial charge in [0.05, 0.1) is 57.9 Å². The lowest BCUT2D eigenvalue weighted by molar-refractivity contribution is -0.130. The number of carbonyl (C=O) groups excluding carboxylic acids is 3. The van der Waals surface area contributed by atoms with Gasteiger partial charge in [0, 0.05) is 31.6 Å². The van der Waals surface area contributed by atoms with Crippen LogP contribution in [0.4, 0.5) is 0 Å². The summed E-state index contributed by atoms with van der Waals surface area (Å²) < 4.78 is 26.8. The number of amides is 3. The molecule has 0 rings (SSSR count). The Balaban J connectivity index is 4.13. The van der Waals surface area contributed by atoms with Crippen LogP contribution in [0.15, 0.2) is 0 Å². The highest BCUT2D eigenvalue weighted by Gasteiger charge is 2.23. The molecule has 0 heterocycles. The molecule has 0 aromatic carbocycles. The van der Waals surface area contributed by atoms with Crippen molar-refractivity contribution in [1.82, 2.24) is 16.0 Å². The third-order valence-electron chi connectivity index (χ3n) is 6.58. The Labute approximate surface area is 273 Å². The van der Waals surface area contributed by atoms with Gasteiger partial charge in [0.15, 0.2) is 0 Å². The van der Waals surface area contributed by atoms with Gasteiger partial charge in [-0.05, 0) is 6.42 Å². The van der Waals surface area contributed by atoms with E-state index in [4.69, 9.17) is 29.7 Å². The summed E-state index contributed by atoms with van der Waals surface area (Å²) in [6.45, 7) is 4.51. The second kappa shape index (κ2) is 28.9. The molecular weight excluding hydrogens is 627 g/mol. The van der Waals surface area contributed by atoms with Crippen LogP contribution in [0, 0.1) is 0 Å². The normalized spacial score (nSPS) is 13.6. The van der Waals surface area contributed by atoms with Crippen molar-refractivity contribution in [1.29, 1.82) is 0 Å². The fourth-order valence-electron chi connectivity index (χ4n) is 4.10. The van der Waals surface area contributed by atoms with Gasteiger partial charge in [-0.15, -0.1) is 0 Å². The van der Waals surface area contributed by atoms with E-state index in [1.807, 2.05) is 0 Å². The first-order valence-corrected chi connectivity index (χ1v) is 19.0. The van der Waals surface area contributed by atoms with Crippen molar-refractivity contribution in [2.45, 2.75) is 96.2 Å². The fraction of sp³-hybridized carbons (Fsp3) is 0.897. The first-order chi connectivity index (χ1) is 21.5. The number of aliphatic hydroxyl groups is 1. The summed E-state index contributed by atoms with van der Waals surface area (Å²) in [7, 11) is -4.09. The molecule has 0 aliphatic carbocycles. The Bertz CT molecular complexity index is 824. The molecule has 0 bridgehead atoms. The number of hydrogen-bond acceptors (Lipinski definition) is 10. The van der Waals surface area contributed by atoms with E-state index in [1.165, 1.54) is 70.1 Å². The maximum absolute atomic E-state index is 12.5. The number of ether oxygens (including phenoxy) is 3. The van der Waals surface area contributed by atoms with Crippen LogP contribution in [0.5, 0.6) is 0 Å². The minimum Gasteiger partial charge on any atom is -0.394 e. The standard InChI is InChI=1S/C29H59N4O10PS/c1-3-4-5-6-7-8-9-10-11-12-14-43-21-25(32-24(2)35)22-45-23-26(30)28(36)33-27(20-34)29(37)31-13-15-41-16-17-42-18-19-44(38,39)40/h25-27,34H,3-23,30H2,1-2H3,(H,31,37)(H,32,35)(H,33,36)(H2,38,39,40)/t25-,26+,27+/m1/s1. The van der Waals surface area contributed by atoms with Crippen molar-refractivity contribution in [3.63, 3.8) is 0 Å². The van der Waals surface area contributed by atoms with Crippen LogP contribution < -0.4 is 21.7 Å². The molecule has 8 N–H and O–H groups in total. The summed E-state index contributed by atoms with van der Waals surface area (Å²) in [5.41, 5.74) is 6.00. The number of rotatable bonds is 31. The fourth-order valence-corrected chi connectivity index (χ4v) is 5.47. The highest BCUT2D eigenvalue weighted by molar-refractivity contribution is 7.99. The summed E-state index contributed by atoms with van der Waals surface area (Å²) in [6, 6.07) is -2.34. The number of nitrogens with two attached hydrogens (primary N) is 1. The molecule has 16 heteroatoms. The number of nitrogens with one attached hydrogen (secondary N) is 3. The van der Waals surface area contributed by atoms with E-state index in [2.05, 4.69) is 22.9 Å². The first kappa shape index (κ1) is 43.7. The van der Waals surface area contributed by atoms with Crippen molar-refractivity contribution in [3.8, 4) is 0 Å². The largest absolute Gasteiger partial charge is 0.394 e. The van der Waals surface area contributed by atoms with Crippen molar-refractivity contribution >= 4 is 37.1 Å². The van der Waals surface area contributed by atoms with Crippen molar-refractivity contribution in [2.24, 2.45) is 5.73 Å². The number of hydrogen-bond donors (Lipinski definition) is 7. The molecule has 3 amide bonds. The van der Waals surface area contributed by atoms with Gasteiger partial charge in [-0.3, -0.25) is 18.9 Å². The summed E-state index contributed by atoms with van der Waals surface area (Å²) in [5.74, 6) is -0.619.